The van der Waals surface area contributed by atoms with E-state index in [1.165, 1.54) is 5.56 Å². The Morgan fingerprint density at radius 1 is 1.25 bits per heavy atom. The molecule has 0 radical (unpaired) electrons. The molecule has 0 spiro atoms. The number of hydrogen-bond donors (Lipinski definition) is 0. The van der Waals surface area contributed by atoms with Gasteiger partial charge in [-0.25, -0.2) is 0 Å². The Morgan fingerprint density at radius 2 is 2.00 bits per heavy atom. The van der Waals surface area contributed by atoms with E-state index in [-0.39, 0.29) is 0 Å². The third-order valence-electron chi connectivity index (χ3n) is 2.89. The predicted octanol–water partition coefficient (Wildman–Crippen LogP) is 0.723. The van der Waals surface area contributed by atoms with Crippen molar-refractivity contribution in [1.82, 2.24) is 14.8 Å². The molecule has 0 saturated carbocycles. The third-order valence-corrected chi connectivity index (χ3v) is 2.89. The first kappa shape index (κ1) is 11.1. The van der Waals surface area contributed by atoms with Crippen LogP contribution in [0.2, 0.25) is 0 Å². The average molecular weight is 216 g/mol. The zero-order valence-corrected chi connectivity index (χ0v) is 9.34. The molecule has 84 valence electrons. The standard InChI is InChI=1S/C12H16N4/c13-3-5-15-6-8-16(9-7-15)11-12-2-1-4-14-10-12/h1-2,4,10H,5-9,11H2. The number of nitrogens with zero attached hydrogens (tertiary/aromatic N) is 4. The van der Waals surface area contributed by atoms with Gasteiger partial charge in [0.25, 0.3) is 0 Å². The van der Waals surface area contributed by atoms with Crippen molar-refractivity contribution >= 4 is 0 Å². The summed E-state index contributed by atoms with van der Waals surface area (Å²) in [6, 6.07) is 6.28. The second kappa shape index (κ2) is 5.59. The molecule has 1 aromatic rings. The Labute approximate surface area is 96.1 Å². The highest BCUT2D eigenvalue weighted by Gasteiger charge is 2.16. The van der Waals surface area contributed by atoms with Crippen molar-refractivity contribution in [2.75, 3.05) is 32.7 Å². The first-order valence-corrected chi connectivity index (χ1v) is 5.59. The van der Waals surface area contributed by atoms with E-state index in [0.29, 0.717) is 6.54 Å². The summed E-state index contributed by atoms with van der Waals surface area (Å²) in [6.45, 7) is 5.59. The molecule has 1 fully saturated rings. The third kappa shape index (κ3) is 3.02. The molecule has 0 bridgehead atoms. The highest BCUT2D eigenvalue weighted by molar-refractivity contribution is 5.08. The lowest BCUT2D eigenvalue weighted by molar-refractivity contribution is 0.138. The van der Waals surface area contributed by atoms with Gasteiger partial charge in [0.15, 0.2) is 0 Å². The molecule has 1 aromatic heterocycles. The smallest absolute Gasteiger partial charge is 0.0866 e. The number of rotatable bonds is 3. The molecule has 1 aliphatic heterocycles. The van der Waals surface area contributed by atoms with Gasteiger partial charge in [-0.05, 0) is 11.6 Å². The maximum atomic E-state index is 8.61. The van der Waals surface area contributed by atoms with Crippen LogP contribution in [-0.4, -0.2) is 47.5 Å². The predicted molar refractivity (Wildman–Crippen MR) is 61.6 cm³/mol. The second-order valence-corrected chi connectivity index (χ2v) is 4.07. The Morgan fingerprint density at radius 3 is 2.62 bits per heavy atom. The van der Waals surface area contributed by atoms with Crippen LogP contribution in [0.3, 0.4) is 0 Å². The molecule has 0 unspecified atom stereocenters. The van der Waals surface area contributed by atoms with Crippen molar-refractivity contribution in [2.45, 2.75) is 6.54 Å². The lowest BCUT2D eigenvalue weighted by Gasteiger charge is -2.33. The Bertz CT molecular complexity index is 349. The quantitative estimate of drug-likeness (QED) is 0.698. The molecule has 0 N–H and O–H groups in total. The highest BCUT2D eigenvalue weighted by atomic mass is 15.3. The van der Waals surface area contributed by atoms with Crippen LogP contribution in [0.1, 0.15) is 5.56 Å². The topological polar surface area (TPSA) is 43.2 Å². The number of nitriles is 1. The van der Waals surface area contributed by atoms with E-state index in [0.717, 1.165) is 32.7 Å². The second-order valence-electron chi connectivity index (χ2n) is 4.07. The van der Waals surface area contributed by atoms with Gasteiger partial charge in [0, 0.05) is 45.1 Å². The zero-order valence-electron chi connectivity index (χ0n) is 9.34. The molecule has 0 amide bonds. The van der Waals surface area contributed by atoms with Crippen molar-refractivity contribution in [3.8, 4) is 6.07 Å². The van der Waals surface area contributed by atoms with E-state index in [1.807, 2.05) is 12.3 Å². The van der Waals surface area contributed by atoms with Gasteiger partial charge in [0.1, 0.15) is 0 Å². The monoisotopic (exact) mass is 216 g/mol. The normalized spacial score (nSPS) is 18.2. The van der Waals surface area contributed by atoms with Crippen LogP contribution in [0.25, 0.3) is 0 Å². The van der Waals surface area contributed by atoms with E-state index in [9.17, 15) is 0 Å². The van der Waals surface area contributed by atoms with Gasteiger partial charge in [0.05, 0.1) is 12.6 Å². The first-order valence-electron chi connectivity index (χ1n) is 5.59. The average Bonchev–Trinajstić information content (AvgIpc) is 2.33. The van der Waals surface area contributed by atoms with Crippen molar-refractivity contribution in [3.05, 3.63) is 30.1 Å². The number of aromatic nitrogens is 1. The molecular formula is C12H16N4. The molecular weight excluding hydrogens is 200 g/mol. The van der Waals surface area contributed by atoms with Gasteiger partial charge in [0.2, 0.25) is 0 Å². The van der Waals surface area contributed by atoms with Gasteiger partial charge in [-0.3, -0.25) is 14.8 Å². The maximum absolute atomic E-state index is 8.61. The summed E-state index contributed by atoms with van der Waals surface area (Å²) >= 11 is 0. The van der Waals surface area contributed by atoms with Crippen molar-refractivity contribution in [2.24, 2.45) is 0 Å². The van der Waals surface area contributed by atoms with Crippen LogP contribution in [0.15, 0.2) is 24.5 Å². The summed E-state index contributed by atoms with van der Waals surface area (Å²) in [4.78, 5) is 8.72. The van der Waals surface area contributed by atoms with Gasteiger partial charge in [-0.15, -0.1) is 0 Å². The molecule has 1 aliphatic rings. The molecule has 1 saturated heterocycles. The molecule has 2 rings (SSSR count). The molecule has 4 heteroatoms. The zero-order chi connectivity index (χ0) is 11.2. The Hall–Kier alpha value is -1.44. The van der Waals surface area contributed by atoms with Crippen LogP contribution in [0.5, 0.6) is 0 Å². The molecule has 16 heavy (non-hydrogen) atoms. The maximum Gasteiger partial charge on any atom is 0.0866 e. The molecule has 0 aliphatic carbocycles. The summed E-state index contributed by atoms with van der Waals surface area (Å²) in [6.07, 6.45) is 3.72. The number of piperazine rings is 1. The van der Waals surface area contributed by atoms with Crippen molar-refractivity contribution < 1.29 is 0 Å². The van der Waals surface area contributed by atoms with Crippen molar-refractivity contribution in [3.63, 3.8) is 0 Å². The minimum atomic E-state index is 0.556. The molecule has 2 heterocycles. The Kier molecular flexibility index (Phi) is 3.86. The minimum absolute atomic E-state index is 0.556. The summed E-state index contributed by atoms with van der Waals surface area (Å²) < 4.78 is 0. The van der Waals surface area contributed by atoms with Crippen LogP contribution in [0, 0.1) is 11.3 Å². The molecule has 4 nitrogen and oxygen atoms in total. The van der Waals surface area contributed by atoms with E-state index in [1.54, 1.807) is 6.20 Å². The molecule has 0 aromatic carbocycles. The number of pyridine rings is 1. The summed E-state index contributed by atoms with van der Waals surface area (Å²) in [5, 5.41) is 8.61. The fourth-order valence-corrected chi connectivity index (χ4v) is 1.96. The fourth-order valence-electron chi connectivity index (χ4n) is 1.96. The van der Waals surface area contributed by atoms with Crippen LogP contribution in [0.4, 0.5) is 0 Å². The summed E-state index contributed by atoms with van der Waals surface area (Å²) in [7, 11) is 0. The van der Waals surface area contributed by atoms with Gasteiger partial charge in [-0.1, -0.05) is 6.07 Å². The molecule has 0 atom stereocenters. The van der Waals surface area contributed by atoms with Crippen LogP contribution < -0.4 is 0 Å². The Balaban J connectivity index is 1.80. The van der Waals surface area contributed by atoms with Gasteiger partial charge in [-0.2, -0.15) is 5.26 Å². The number of hydrogen-bond acceptors (Lipinski definition) is 4. The SMILES string of the molecule is N#CCN1CCN(Cc2cccnc2)CC1. The van der Waals surface area contributed by atoms with E-state index >= 15 is 0 Å². The van der Waals surface area contributed by atoms with Gasteiger partial charge < -0.3 is 0 Å². The first-order chi connectivity index (χ1) is 7.88. The fraction of sp³-hybridized carbons (Fsp3) is 0.500. The lowest BCUT2D eigenvalue weighted by atomic mass is 10.2. The van der Waals surface area contributed by atoms with Gasteiger partial charge >= 0.3 is 0 Å². The summed E-state index contributed by atoms with van der Waals surface area (Å²) in [5.41, 5.74) is 1.26. The van der Waals surface area contributed by atoms with Crippen LogP contribution in [-0.2, 0) is 6.54 Å². The van der Waals surface area contributed by atoms with E-state index in [2.05, 4.69) is 26.9 Å². The minimum Gasteiger partial charge on any atom is -0.296 e. The highest BCUT2D eigenvalue weighted by Crippen LogP contribution is 2.06. The summed E-state index contributed by atoms with van der Waals surface area (Å²) in [5.74, 6) is 0. The van der Waals surface area contributed by atoms with Crippen LogP contribution >= 0.6 is 0 Å². The van der Waals surface area contributed by atoms with E-state index < -0.39 is 0 Å². The van der Waals surface area contributed by atoms with E-state index in [4.69, 9.17) is 5.26 Å². The lowest BCUT2D eigenvalue weighted by Crippen LogP contribution is -2.45. The largest absolute Gasteiger partial charge is 0.296 e. The van der Waals surface area contributed by atoms with Crippen molar-refractivity contribution in [1.29, 1.82) is 5.26 Å².